The molecule has 0 radical (unpaired) electrons. The highest BCUT2D eigenvalue weighted by molar-refractivity contribution is 7.89. The Morgan fingerprint density at radius 3 is 2.39 bits per heavy atom. The van der Waals surface area contributed by atoms with Crippen LogP contribution in [0.15, 0.2) is 47.9 Å². The molecule has 2 rings (SSSR count). The SMILES string of the molecule is C=CCN([C@H](C)C(=O)c1c(C)[nH]c(C(=O)OC)c1C)S(=O)(=O)c1ccccc1. The van der Waals surface area contributed by atoms with Crippen molar-refractivity contribution in [2.24, 2.45) is 0 Å². The minimum Gasteiger partial charge on any atom is -0.464 e. The number of nitrogens with one attached hydrogen (secondary N) is 1. The van der Waals surface area contributed by atoms with E-state index < -0.39 is 27.8 Å². The number of Topliss-reactive ketones (excluding diaryl/α,β-unsaturated/α-hetero) is 1. The molecule has 0 fully saturated rings. The van der Waals surface area contributed by atoms with E-state index in [1.165, 1.54) is 32.2 Å². The zero-order chi connectivity index (χ0) is 21.1. The number of aromatic nitrogens is 1. The third-order valence-electron chi connectivity index (χ3n) is 4.54. The number of hydrogen-bond donors (Lipinski definition) is 1. The molecule has 0 aliphatic rings. The molecular formula is C20H24N2O5S. The highest BCUT2D eigenvalue weighted by Crippen LogP contribution is 2.25. The van der Waals surface area contributed by atoms with E-state index in [1.807, 2.05) is 0 Å². The van der Waals surface area contributed by atoms with Gasteiger partial charge in [0.05, 0.1) is 18.0 Å². The van der Waals surface area contributed by atoms with Crippen molar-refractivity contribution in [3.05, 3.63) is 65.5 Å². The van der Waals surface area contributed by atoms with E-state index in [2.05, 4.69) is 11.6 Å². The first-order chi connectivity index (χ1) is 13.2. The molecule has 0 unspecified atom stereocenters. The zero-order valence-corrected chi connectivity index (χ0v) is 17.2. The highest BCUT2D eigenvalue weighted by Gasteiger charge is 2.35. The van der Waals surface area contributed by atoms with Crippen molar-refractivity contribution in [1.29, 1.82) is 0 Å². The summed E-state index contributed by atoms with van der Waals surface area (Å²) in [6.45, 7) is 8.38. The number of aryl methyl sites for hydroxylation is 1. The molecule has 0 aliphatic carbocycles. The van der Waals surface area contributed by atoms with Crippen molar-refractivity contribution in [2.45, 2.75) is 31.7 Å². The number of methoxy groups -OCH3 is 1. The maximum Gasteiger partial charge on any atom is 0.354 e. The topological polar surface area (TPSA) is 96.5 Å². The maximum absolute atomic E-state index is 13.2. The van der Waals surface area contributed by atoms with E-state index in [0.717, 1.165) is 4.31 Å². The van der Waals surface area contributed by atoms with E-state index in [9.17, 15) is 18.0 Å². The predicted octanol–water partition coefficient (Wildman–Crippen LogP) is 2.87. The molecular weight excluding hydrogens is 380 g/mol. The lowest BCUT2D eigenvalue weighted by Crippen LogP contribution is -2.43. The Hall–Kier alpha value is -2.71. The Balaban J connectivity index is 2.48. The quantitative estimate of drug-likeness (QED) is 0.415. The van der Waals surface area contributed by atoms with E-state index in [-0.39, 0.29) is 22.7 Å². The summed E-state index contributed by atoms with van der Waals surface area (Å²) in [6.07, 6.45) is 1.43. The zero-order valence-electron chi connectivity index (χ0n) is 16.4. The molecule has 150 valence electrons. The van der Waals surface area contributed by atoms with Gasteiger partial charge in [0.15, 0.2) is 5.78 Å². The molecule has 0 saturated carbocycles. The van der Waals surface area contributed by atoms with Crippen LogP contribution in [-0.4, -0.2) is 49.2 Å². The number of nitrogens with zero attached hydrogens (tertiary/aromatic N) is 1. The summed E-state index contributed by atoms with van der Waals surface area (Å²) >= 11 is 0. The number of benzene rings is 1. The number of ketones is 1. The monoisotopic (exact) mass is 404 g/mol. The fourth-order valence-electron chi connectivity index (χ4n) is 3.08. The van der Waals surface area contributed by atoms with Crippen LogP contribution in [0, 0.1) is 13.8 Å². The summed E-state index contributed by atoms with van der Waals surface area (Å²) in [4.78, 5) is 28.0. The molecule has 0 saturated heterocycles. The summed E-state index contributed by atoms with van der Waals surface area (Å²) < 4.78 is 32.0. The van der Waals surface area contributed by atoms with Gasteiger partial charge < -0.3 is 9.72 Å². The first-order valence-electron chi connectivity index (χ1n) is 8.66. The van der Waals surface area contributed by atoms with Gasteiger partial charge in [-0.05, 0) is 38.5 Å². The smallest absolute Gasteiger partial charge is 0.354 e. The molecule has 0 bridgehead atoms. The van der Waals surface area contributed by atoms with Crippen LogP contribution in [-0.2, 0) is 14.8 Å². The molecule has 1 aromatic heterocycles. The van der Waals surface area contributed by atoms with Crippen molar-refractivity contribution in [2.75, 3.05) is 13.7 Å². The van der Waals surface area contributed by atoms with Crippen LogP contribution in [0.3, 0.4) is 0 Å². The fraction of sp³-hybridized carbons (Fsp3) is 0.300. The van der Waals surface area contributed by atoms with Crippen molar-refractivity contribution >= 4 is 21.8 Å². The van der Waals surface area contributed by atoms with Gasteiger partial charge >= 0.3 is 5.97 Å². The number of ether oxygens (including phenoxy) is 1. The second kappa shape index (κ2) is 8.53. The lowest BCUT2D eigenvalue weighted by molar-refractivity contribution is 0.0594. The van der Waals surface area contributed by atoms with E-state index in [0.29, 0.717) is 11.3 Å². The second-order valence-electron chi connectivity index (χ2n) is 6.33. The molecule has 1 N–H and O–H groups in total. The van der Waals surface area contributed by atoms with Gasteiger partial charge in [0.25, 0.3) is 0 Å². The Morgan fingerprint density at radius 1 is 1.25 bits per heavy atom. The number of esters is 1. The Labute approximate surface area is 165 Å². The molecule has 1 atom stereocenters. The van der Waals surface area contributed by atoms with Gasteiger partial charge in [-0.1, -0.05) is 24.3 Å². The maximum atomic E-state index is 13.2. The van der Waals surface area contributed by atoms with Crippen molar-refractivity contribution < 1.29 is 22.7 Å². The predicted molar refractivity (Wildman–Crippen MR) is 106 cm³/mol. The average molecular weight is 404 g/mol. The minimum atomic E-state index is -3.92. The summed E-state index contributed by atoms with van der Waals surface area (Å²) in [7, 11) is -2.67. The van der Waals surface area contributed by atoms with E-state index in [1.54, 1.807) is 32.0 Å². The number of H-pyrrole nitrogens is 1. The number of aromatic amines is 1. The summed E-state index contributed by atoms with van der Waals surface area (Å²) in [6, 6.07) is 6.91. The molecule has 0 spiro atoms. The number of rotatable bonds is 8. The van der Waals surface area contributed by atoms with Gasteiger partial charge in [-0.15, -0.1) is 6.58 Å². The summed E-state index contributed by atoms with van der Waals surface area (Å²) in [5.74, 6) is -1.00. The fourth-order valence-corrected chi connectivity index (χ4v) is 4.67. The van der Waals surface area contributed by atoms with Gasteiger partial charge in [0, 0.05) is 17.8 Å². The molecule has 8 heteroatoms. The van der Waals surface area contributed by atoms with Crippen LogP contribution in [0.5, 0.6) is 0 Å². The lowest BCUT2D eigenvalue weighted by atomic mass is 10.0. The molecule has 0 aliphatic heterocycles. The van der Waals surface area contributed by atoms with Crippen LogP contribution in [0.1, 0.15) is 39.0 Å². The molecule has 1 heterocycles. The Kier molecular flexibility index (Phi) is 6.58. The number of hydrogen-bond acceptors (Lipinski definition) is 5. The molecule has 7 nitrogen and oxygen atoms in total. The van der Waals surface area contributed by atoms with Gasteiger partial charge in [0.2, 0.25) is 10.0 Å². The van der Waals surface area contributed by atoms with Crippen molar-refractivity contribution in [3.8, 4) is 0 Å². The van der Waals surface area contributed by atoms with E-state index >= 15 is 0 Å². The number of carbonyl (C=O) groups is 2. The van der Waals surface area contributed by atoms with Crippen LogP contribution in [0.4, 0.5) is 0 Å². The second-order valence-corrected chi connectivity index (χ2v) is 8.22. The molecule has 1 aromatic carbocycles. The molecule has 2 aromatic rings. The van der Waals surface area contributed by atoms with Crippen LogP contribution >= 0.6 is 0 Å². The first-order valence-corrected chi connectivity index (χ1v) is 10.1. The van der Waals surface area contributed by atoms with E-state index in [4.69, 9.17) is 4.74 Å². The standard InChI is InChI=1S/C20H24N2O5S/c1-6-12-22(28(25,26)16-10-8-7-9-11-16)15(4)19(23)17-13(2)18(20(24)27-5)21-14(17)3/h6-11,15,21H,1,12H2,2-5H3/t15-/m1/s1. The van der Waals surface area contributed by atoms with Gasteiger partial charge in [-0.2, -0.15) is 4.31 Å². The van der Waals surface area contributed by atoms with Crippen LogP contribution in [0.25, 0.3) is 0 Å². The average Bonchev–Trinajstić information content (AvgIpc) is 2.99. The minimum absolute atomic E-state index is 0.0312. The van der Waals surface area contributed by atoms with Gasteiger partial charge in [-0.25, -0.2) is 13.2 Å². The molecule has 28 heavy (non-hydrogen) atoms. The highest BCUT2D eigenvalue weighted by atomic mass is 32.2. The Morgan fingerprint density at radius 2 is 1.86 bits per heavy atom. The van der Waals surface area contributed by atoms with Crippen molar-refractivity contribution in [1.82, 2.24) is 9.29 Å². The number of sulfonamides is 1. The summed E-state index contributed by atoms with van der Waals surface area (Å²) in [5.41, 5.74) is 1.37. The van der Waals surface area contributed by atoms with Crippen molar-refractivity contribution in [3.63, 3.8) is 0 Å². The Bertz CT molecular complexity index is 993. The van der Waals surface area contributed by atoms with Gasteiger partial charge in [-0.3, -0.25) is 4.79 Å². The van der Waals surface area contributed by atoms with Crippen LogP contribution < -0.4 is 0 Å². The first kappa shape index (κ1) is 21.6. The number of carbonyl (C=O) groups excluding carboxylic acids is 2. The van der Waals surface area contributed by atoms with Crippen LogP contribution in [0.2, 0.25) is 0 Å². The van der Waals surface area contributed by atoms with Gasteiger partial charge in [0.1, 0.15) is 5.69 Å². The third kappa shape index (κ3) is 3.93. The normalized spacial score (nSPS) is 12.6. The lowest BCUT2D eigenvalue weighted by Gasteiger charge is -2.26. The largest absolute Gasteiger partial charge is 0.464 e. The third-order valence-corrected chi connectivity index (χ3v) is 6.49. The molecule has 0 amide bonds. The summed E-state index contributed by atoms with van der Waals surface area (Å²) in [5, 5.41) is 0.